The molecule has 1 aromatic carbocycles. The lowest BCUT2D eigenvalue weighted by atomic mass is 10.1. The molecule has 7 heteroatoms. The number of ether oxygens (including phenoxy) is 1. The van der Waals surface area contributed by atoms with Gasteiger partial charge in [-0.3, -0.25) is 0 Å². The zero-order valence-corrected chi connectivity index (χ0v) is 17.1. The predicted octanol–water partition coefficient (Wildman–Crippen LogP) is 5.23. The molecular formula is C20H19BrN4O2. The first-order valence-electron chi connectivity index (χ1n) is 8.43. The fourth-order valence-corrected chi connectivity index (χ4v) is 3.13. The molecule has 0 radical (unpaired) electrons. The van der Waals surface area contributed by atoms with E-state index in [9.17, 15) is 5.26 Å². The minimum Gasteiger partial charge on any atom is -0.490 e. The quantitative estimate of drug-likeness (QED) is 0.555. The maximum absolute atomic E-state index is 9.76. The van der Waals surface area contributed by atoms with Crippen LogP contribution < -0.4 is 9.64 Å². The summed E-state index contributed by atoms with van der Waals surface area (Å²) in [4.78, 5) is 10.8. The number of aryl methyl sites for hydroxylation is 1. The Hall–Kier alpha value is -2.85. The first kappa shape index (κ1) is 18.9. The number of aromatic nitrogens is 2. The van der Waals surface area contributed by atoms with Gasteiger partial charge in [0.15, 0.2) is 11.6 Å². The van der Waals surface area contributed by atoms with Crippen molar-refractivity contribution >= 4 is 27.4 Å². The topological polar surface area (TPSA) is 75.2 Å². The van der Waals surface area contributed by atoms with Crippen molar-refractivity contribution in [3.8, 4) is 23.3 Å². The minimum absolute atomic E-state index is 0.0791. The number of anilines is 2. The van der Waals surface area contributed by atoms with Gasteiger partial charge >= 0.3 is 0 Å². The average molecular weight is 427 g/mol. The normalized spacial score (nSPS) is 10.7. The summed E-state index contributed by atoms with van der Waals surface area (Å²) in [6.45, 7) is 5.75. The Bertz CT molecular complexity index is 994. The number of furan rings is 1. The van der Waals surface area contributed by atoms with Gasteiger partial charge in [0.2, 0.25) is 0 Å². The van der Waals surface area contributed by atoms with Crippen LogP contribution in [0.25, 0.3) is 11.5 Å². The van der Waals surface area contributed by atoms with Gasteiger partial charge in [-0.25, -0.2) is 9.97 Å². The third-order valence-corrected chi connectivity index (χ3v) is 4.47. The summed E-state index contributed by atoms with van der Waals surface area (Å²) < 4.78 is 12.0. The second-order valence-electron chi connectivity index (χ2n) is 6.25. The minimum atomic E-state index is 0.0791. The van der Waals surface area contributed by atoms with E-state index in [2.05, 4.69) is 32.0 Å². The van der Waals surface area contributed by atoms with Gasteiger partial charge in [0.05, 0.1) is 16.8 Å². The molecule has 0 spiro atoms. The van der Waals surface area contributed by atoms with Gasteiger partial charge in [0.25, 0.3) is 0 Å². The first-order valence-corrected chi connectivity index (χ1v) is 9.22. The van der Waals surface area contributed by atoms with Crippen molar-refractivity contribution in [1.82, 2.24) is 9.97 Å². The Morgan fingerprint density at radius 3 is 2.63 bits per heavy atom. The molecule has 0 aliphatic carbocycles. The van der Waals surface area contributed by atoms with Crippen molar-refractivity contribution in [1.29, 1.82) is 5.26 Å². The van der Waals surface area contributed by atoms with E-state index in [1.165, 1.54) is 0 Å². The summed E-state index contributed by atoms with van der Waals surface area (Å²) in [7, 11) is 1.86. The molecule has 0 saturated carbocycles. The van der Waals surface area contributed by atoms with Gasteiger partial charge in [-0.05, 0) is 67.0 Å². The number of nitrogens with zero attached hydrogens (tertiary/aromatic N) is 4. The fraction of sp³-hybridized carbons (Fsp3) is 0.250. The zero-order valence-electron chi connectivity index (χ0n) is 15.5. The largest absolute Gasteiger partial charge is 0.490 e. The van der Waals surface area contributed by atoms with E-state index in [0.717, 1.165) is 15.9 Å². The van der Waals surface area contributed by atoms with E-state index >= 15 is 0 Å². The lowest BCUT2D eigenvalue weighted by Crippen LogP contribution is -2.15. The fourth-order valence-electron chi connectivity index (χ4n) is 2.67. The Morgan fingerprint density at radius 2 is 2.04 bits per heavy atom. The third kappa shape index (κ3) is 3.96. The Morgan fingerprint density at radius 1 is 1.26 bits per heavy atom. The highest BCUT2D eigenvalue weighted by Crippen LogP contribution is 2.35. The van der Waals surface area contributed by atoms with Crippen molar-refractivity contribution in [2.24, 2.45) is 0 Å². The van der Waals surface area contributed by atoms with Gasteiger partial charge in [-0.1, -0.05) is 0 Å². The van der Waals surface area contributed by atoms with Gasteiger partial charge in [0, 0.05) is 12.7 Å². The number of hydrogen-bond donors (Lipinski definition) is 0. The SMILES string of the molecule is Cc1nc(-c2ccco2)c(C#N)c(N(C)c2ccc(OC(C)C)c(Br)c2)n1. The van der Waals surface area contributed by atoms with E-state index in [4.69, 9.17) is 9.15 Å². The maximum Gasteiger partial charge on any atom is 0.155 e. The van der Waals surface area contributed by atoms with Crippen LogP contribution in [0.15, 0.2) is 45.5 Å². The lowest BCUT2D eigenvalue weighted by molar-refractivity contribution is 0.241. The van der Waals surface area contributed by atoms with Crippen LogP contribution in [0.4, 0.5) is 11.5 Å². The van der Waals surface area contributed by atoms with Crippen LogP contribution in [-0.4, -0.2) is 23.1 Å². The zero-order chi connectivity index (χ0) is 19.6. The Labute approximate surface area is 166 Å². The van der Waals surface area contributed by atoms with Crippen LogP contribution in [0, 0.1) is 18.3 Å². The molecule has 3 rings (SSSR count). The molecule has 0 amide bonds. The summed E-state index contributed by atoms with van der Waals surface area (Å²) >= 11 is 3.55. The molecule has 3 aromatic rings. The second-order valence-corrected chi connectivity index (χ2v) is 7.10. The molecule has 0 N–H and O–H groups in total. The molecule has 0 aliphatic rings. The van der Waals surface area contributed by atoms with Crippen molar-refractivity contribution in [3.63, 3.8) is 0 Å². The molecule has 0 saturated heterocycles. The van der Waals surface area contributed by atoms with E-state index in [-0.39, 0.29) is 6.10 Å². The van der Waals surface area contributed by atoms with Crippen molar-refractivity contribution in [2.75, 3.05) is 11.9 Å². The highest BCUT2D eigenvalue weighted by molar-refractivity contribution is 9.10. The smallest absolute Gasteiger partial charge is 0.155 e. The summed E-state index contributed by atoms with van der Waals surface area (Å²) in [6.07, 6.45) is 1.64. The van der Waals surface area contributed by atoms with Crippen LogP contribution in [0.3, 0.4) is 0 Å². The Balaban J connectivity index is 2.06. The van der Waals surface area contributed by atoms with Gasteiger partial charge in [0.1, 0.15) is 28.9 Å². The molecule has 0 bridgehead atoms. The van der Waals surface area contributed by atoms with Gasteiger partial charge < -0.3 is 14.1 Å². The van der Waals surface area contributed by atoms with Crippen LogP contribution >= 0.6 is 15.9 Å². The van der Waals surface area contributed by atoms with Crippen LogP contribution in [0.2, 0.25) is 0 Å². The third-order valence-electron chi connectivity index (χ3n) is 3.85. The molecule has 6 nitrogen and oxygen atoms in total. The Kier molecular flexibility index (Phi) is 5.47. The summed E-state index contributed by atoms with van der Waals surface area (Å²) in [5, 5.41) is 9.76. The first-order chi connectivity index (χ1) is 12.9. The van der Waals surface area contributed by atoms with Gasteiger partial charge in [-0.2, -0.15) is 5.26 Å². The molecule has 0 unspecified atom stereocenters. The average Bonchev–Trinajstić information content (AvgIpc) is 3.16. The molecule has 27 heavy (non-hydrogen) atoms. The van der Waals surface area contributed by atoms with Gasteiger partial charge in [-0.15, -0.1) is 0 Å². The molecule has 0 aliphatic heterocycles. The van der Waals surface area contributed by atoms with Crippen LogP contribution in [0.5, 0.6) is 5.75 Å². The van der Waals surface area contributed by atoms with Crippen molar-refractivity contribution in [3.05, 3.63) is 52.5 Å². The number of hydrogen-bond acceptors (Lipinski definition) is 6. The number of benzene rings is 1. The van der Waals surface area contributed by atoms with E-state index < -0.39 is 0 Å². The van der Waals surface area contributed by atoms with E-state index in [0.29, 0.717) is 28.7 Å². The molecule has 0 fully saturated rings. The lowest BCUT2D eigenvalue weighted by Gasteiger charge is -2.22. The maximum atomic E-state index is 9.76. The summed E-state index contributed by atoms with van der Waals surface area (Å²) in [6, 6.07) is 11.5. The molecule has 0 atom stereocenters. The van der Waals surface area contributed by atoms with Crippen LogP contribution in [-0.2, 0) is 0 Å². The highest BCUT2D eigenvalue weighted by atomic mass is 79.9. The molecule has 2 heterocycles. The predicted molar refractivity (Wildman–Crippen MR) is 107 cm³/mol. The molecular weight excluding hydrogens is 408 g/mol. The number of nitriles is 1. The van der Waals surface area contributed by atoms with E-state index in [1.807, 2.05) is 44.0 Å². The summed E-state index contributed by atoms with van der Waals surface area (Å²) in [5.41, 5.74) is 1.70. The van der Waals surface area contributed by atoms with Crippen molar-refractivity contribution in [2.45, 2.75) is 26.9 Å². The van der Waals surface area contributed by atoms with E-state index in [1.54, 1.807) is 25.3 Å². The second kappa shape index (κ2) is 7.80. The monoisotopic (exact) mass is 426 g/mol. The number of rotatable bonds is 5. The molecule has 2 aromatic heterocycles. The standard InChI is InChI=1S/C20H19BrN4O2/c1-12(2)27-17-8-7-14(10-16(17)21)25(4)20-15(11-22)19(23-13(3)24-20)18-6-5-9-26-18/h5-10,12H,1-4H3. The number of halogens is 1. The van der Waals surface area contributed by atoms with Crippen LogP contribution in [0.1, 0.15) is 25.2 Å². The van der Waals surface area contributed by atoms with Crippen molar-refractivity contribution < 1.29 is 9.15 Å². The highest BCUT2D eigenvalue weighted by Gasteiger charge is 2.20. The summed E-state index contributed by atoms with van der Waals surface area (Å²) in [5.74, 6) is 2.37. The molecule has 138 valence electrons.